The average Bonchev–Trinajstić information content (AvgIpc) is 3.35. The van der Waals surface area contributed by atoms with Crippen LogP contribution >= 0.6 is 33.9 Å². The molecule has 4 aromatic rings. The molecular formula is C29H28IN3O4S. The van der Waals surface area contributed by atoms with Crippen LogP contribution in [-0.4, -0.2) is 41.0 Å². The summed E-state index contributed by atoms with van der Waals surface area (Å²) in [4.78, 5) is 32.4. The molecule has 0 bridgehead atoms. The molecule has 1 aromatic heterocycles. The molecule has 1 atom stereocenters. The molecule has 0 aliphatic rings. The number of hydrogen-bond donors (Lipinski definition) is 2. The second kappa shape index (κ2) is 12.4. The van der Waals surface area contributed by atoms with Gasteiger partial charge in [-0.1, -0.05) is 83.3 Å². The van der Waals surface area contributed by atoms with Gasteiger partial charge in [-0.15, -0.1) is 11.3 Å². The smallest absolute Gasteiger partial charge is 0.252 e. The summed E-state index contributed by atoms with van der Waals surface area (Å²) in [5.41, 5.74) is 2.11. The highest BCUT2D eigenvalue weighted by molar-refractivity contribution is 14.1. The minimum Gasteiger partial charge on any atom is -0.497 e. The zero-order chi connectivity index (χ0) is 27.1. The molecular weight excluding hydrogens is 613 g/mol. The minimum atomic E-state index is -1.19. The molecule has 7 nitrogen and oxygen atoms in total. The molecule has 38 heavy (non-hydrogen) atoms. The van der Waals surface area contributed by atoms with Gasteiger partial charge in [0.2, 0.25) is 0 Å². The van der Waals surface area contributed by atoms with Gasteiger partial charge >= 0.3 is 0 Å². The number of hydrogen-bond acceptors (Lipinski definition) is 6. The maximum atomic E-state index is 13.5. The number of benzene rings is 3. The molecule has 0 aliphatic heterocycles. The number of amides is 2. The minimum absolute atomic E-state index is 0.329. The number of anilines is 1. The summed E-state index contributed by atoms with van der Waals surface area (Å²) in [6.45, 7) is 1.70. The van der Waals surface area contributed by atoms with Crippen LogP contribution in [0.1, 0.15) is 27.7 Å². The van der Waals surface area contributed by atoms with Crippen LogP contribution in [0.3, 0.4) is 0 Å². The van der Waals surface area contributed by atoms with E-state index in [1.54, 1.807) is 25.1 Å². The quantitative estimate of drug-likeness (QED) is 0.164. The third-order valence-corrected chi connectivity index (χ3v) is 8.44. The fraction of sp³-hybridized carbons (Fsp3) is 0.207. The summed E-state index contributed by atoms with van der Waals surface area (Å²) in [5, 5.41) is 6.31. The first kappa shape index (κ1) is 27.6. The van der Waals surface area contributed by atoms with Crippen molar-refractivity contribution in [2.75, 3.05) is 24.0 Å². The van der Waals surface area contributed by atoms with Gasteiger partial charge in [-0.25, -0.2) is 4.98 Å². The lowest BCUT2D eigenvalue weighted by Gasteiger charge is -2.27. The zero-order valence-electron chi connectivity index (χ0n) is 21.3. The van der Waals surface area contributed by atoms with Crippen molar-refractivity contribution in [1.82, 2.24) is 10.3 Å². The first-order chi connectivity index (χ1) is 18.3. The molecule has 4 rings (SSSR count). The van der Waals surface area contributed by atoms with Crippen LogP contribution in [0.4, 0.5) is 5.13 Å². The number of rotatable bonds is 10. The van der Waals surface area contributed by atoms with Gasteiger partial charge in [-0.3, -0.25) is 14.9 Å². The molecule has 0 spiro atoms. The molecule has 2 N–H and O–H groups in total. The van der Waals surface area contributed by atoms with Crippen molar-refractivity contribution in [3.63, 3.8) is 0 Å². The number of alkyl halides is 1. The van der Waals surface area contributed by atoms with Gasteiger partial charge in [-0.05, 0) is 24.6 Å². The number of aromatic nitrogens is 1. The summed E-state index contributed by atoms with van der Waals surface area (Å²) < 4.78 is 10.9. The van der Waals surface area contributed by atoms with Crippen LogP contribution < -0.4 is 20.1 Å². The maximum Gasteiger partial charge on any atom is 0.252 e. The van der Waals surface area contributed by atoms with E-state index in [0.717, 1.165) is 21.7 Å². The third-order valence-electron chi connectivity index (χ3n) is 5.94. The second-order valence-electron chi connectivity index (χ2n) is 8.79. The Hall–Kier alpha value is -3.44. The molecule has 0 saturated heterocycles. The summed E-state index contributed by atoms with van der Waals surface area (Å²) >= 11 is 3.54. The van der Waals surface area contributed by atoms with Gasteiger partial charge in [0, 0.05) is 32.9 Å². The lowest BCUT2D eigenvalue weighted by Crippen LogP contribution is -2.56. The van der Waals surface area contributed by atoms with E-state index in [2.05, 4.69) is 45.4 Å². The Morgan fingerprint density at radius 1 is 0.947 bits per heavy atom. The van der Waals surface area contributed by atoms with Crippen LogP contribution in [0, 0.1) is 0 Å². The van der Waals surface area contributed by atoms with Crippen molar-refractivity contribution in [2.24, 2.45) is 0 Å². The van der Waals surface area contributed by atoms with Crippen LogP contribution in [-0.2, 0) is 11.2 Å². The van der Waals surface area contributed by atoms with Crippen molar-refractivity contribution in [1.29, 1.82) is 0 Å². The molecule has 0 saturated carbocycles. The third kappa shape index (κ3) is 6.51. The van der Waals surface area contributed by atoms with E-state index in [9.17, 15) is 9.59 Å². The van der Waals surface area contributed by atoms with E-state index >= 15 is 0 Å². The zero-order valence-corrected chi connectivity index (χ0v) is 24.3. The Bertz CT molecular complexity index is 1390. The Morgan fingerprint density at radius 2 is 1.55 bits per heavy atom. The van der Waals surface area contributed by atoms with E-state index in [1.807, 2.05) is 48.5 Å². The van der Waals surface area contributed by atoms with Crippen LogP contribution in [0.15, 0.2) is 78.9 Å². The highest BCUT2D eigenvalue weighted by Crippen LogP contribution is 2.33. The fourth-order valence-corrected chi connectivity index (χ4v) is 5.33. The molecule has 0 aliphatic carbocycles. The molecule has 2 amide bonds. The Kier molecular flexibility index (Phi) is 9.01. The number of carbonyl (C=O) groups is 2. The van der Waals surface area contributed by atoms with Gasteiger partial charge in [-0.2, -0.15) is 0 Å². The Morgan fingerprint density at radius 3 is 2.13 bits per heavy atom. The number of nitrogens with zero attached hydrogens (tertiary/aromatic N) is 1. The van der Waals surface area contributed by atoms with Crippen molar-refractivity contribution in [2.45, 2.75) is 18.9 Å². The van der Waals surface area contributed by atoms with Gasteiger partial charge in [0.05, 0.1) is 19.9 Å². The summed E-state index contributed by atoms with van der Waals surface area (Å²) in [5.74, 6) is 0.203. The van der Waals surface area contributed by atoms with Gasteiger partial charge < -0.3 is 14.8 Å². The van der Waals surface area contributed by atoms with Gasteiger partial charge in [0.1, 0.15) is 17.0 Å². The number of halogens is 1. The first-order valence-electron chi connectivity index (χ1n) is 11.9. The second-order valence-corrected chi connectivity index (χ2v) is 10.6. The van der Waals surface area contributed by atoms with Gasteiger partial charge in [0.15, 0.2) is 5.13 Å². The standard InChI is InChI=1S/C29H28IN3O4S/c1-29(18-30,33-26(34)21-15-22(36-2)17-23(16-21)37-3)27(35)32-28-31-25(20-12-8-5-9-13-20)24(38-28)14-19-10-6-4-7-11-19/h4-13,15-17H,14,18H2,1-3H3,(H,33,34)(H,31,32,35). The summed E-state index contributed by atoms with van der Waals surface area (Å²) in [7, 11) is 3.03. The molecule has 3 aromatic carbocycles. The molecule has 9 heteroatoms. The van der Waals surface area contributed by atoms with Gasteiger partial charge in [0.25, 0.3) is 11.8 Å². The average molecular weight is 642 g/mol. The van der Waals surface area contributed by atoms with E-state index in [4.69, 9.17) is 14.5 Å². The van der Waals surface area contributed by atoms with Crippen molar-refractivity contribution >= 4 is 50.9 Å². The predicted molar refractivity (Wildman–Crippen MR) is 160 cm³/mol. The van der Waals surface area contributed by atoms with E-state index in [0.29, 0.717) is 33.0 Å². The molecule has 1 heterocycles. The van der Waals surface area contributed by atoms with E-state index in [1.165, 1.54) is 25.6 Å². The Labute approximate surface area is 239 Å². The lowest BCUT2D eigenvalue weighted by molar-refractivity contribution is -0.120. The fourth-order valence-electron chi connectivity index (χ4n) is 3.78. The first-order valence-corrected chi connectivity index (χ1v) is 14.2. The SMILES string of the molecule is COc1cc(OC)cc(C(=O)NC(C)(CI)C(=O)Nc2nc(-c3ccccc3)c(Cc3ccccc3)s2)c1. The maximum absolute atomic E-state index is 13.5. The van der Waals surface area contributed by atoms with Crippen molar-refractivity contribution in [3.05, 3.63) is 94.9 Å². The lowest BCUT2D eigenvalue weighted by atomic mass is 10.0. The molecule has 196 valence electrons. The summed E-state index contributed by atoms with van der Waals surface area (Å²) in [6, 6.07) is 24.9. The normalized spacial score (nSPS) is 12.3. The van der Waals surface area contributed by atoms with Crippen LogP contribution in [0.5, 0.6) is 11.5 Å². The van der Waals surface area contributed by atoms with E-state index < -0.39 is 11.4 Å². The monoisotopic (exact) mass is 641 g/mol. The largest absolute Gasteiger partial charge is 0.497 e. The topological polar surface area (TPSA) is 89.5 Å². The Balaban J connectivity index is 1.58. The number of ether oxygens (including phenoxy) is 2. The number of thiazole rings is 1. The van der Waals surface area contributed by atoms with Crippen LogP contribution in [0.25, 0.3) is 11.3 Å². The molecule has 0 fully saturated rings. The van der Waals surface area contributed by atoms with Crippen molar-refractivity contribution in [3.8, 4) is 22.8 Å². The highest BCUT2D eigenvalue weighted by atomic mass is 127. The number of nitrogens with one attached hydrogen (secondary N) is 2. The molecule has 0 radical (unpaired) electrons. The highest BCUT2D eigenvalue weighted by Gasteiger charge is 2.35. The van der Waals surface area contributed by atoms with Crippen LogP contribution in [0.2, 0.25) is 0 Å². The number of carbonyl (C=O) groups excluding carboxylic acids is 2. The van der Waals surface area contributed by atoms with Crippen molar-refractivity contribution < 1.29 is 19.1 Å². The predicted octanol–water partition coefficient (Wildman–Crippen LogP) is 5.98. The van der Waals surface area contributed by atoms with E-state index in [-0.39, 0.29) is 5.91 Å². The number of methoxy groups -OCH3 is 2. The molecule has 1 unspecified atom stereocenters. The summed E-state index contributed by atoms with van der Waals surface area (Å²) in [6.07, 6.45) is 0.691.